The molecule has 1 aliphatic rings. The summed E-state index contributed by atoms with van der Waals surface area (Å²) in [5.41, 5.74) is 3.20. The second kappa shape index (κ2) is 9.75. The summed E-state index contributed by atoms with van der Waals surface area (Å²) >= 11 is 3.40. The van der Waals surface area contributed by atoms with Crippen LogP contribution in [0.5, 0.6) is 0 Å². The van der Waals surface area contributed by atoms with E-state index >= 15 is 0 Å². The molecule has 7 heteroatoms. The SMILES string of the molecule is Cc1ccccc1CN1CCCN(C(=O)CCn2cnc3ccc(Br)cc3c2=O)CC1. The Morgan fingerprint density at radius 3 is 2.77 bits per heavy atom. The molecule has 1 amide bonds. The monoisotopic (exact) mass is 482 g/mol. The Bertz CT molecular complexity index is 1140. The average molecular weight is 483 g/mol. The van der Waals surface area contributed by atoms with E-state index in [9.17, 15) is 9.59 Å². The molecule has 162 valence electrons. The molecule has 6 nitrogen and oxygen atoms in total. The van der Waals surface area contributed by atoms with Gasteiger partial charge in [-0.1, -0.05) is 40.2 Å². The molecule has 31 heavy (non-hydrogen) atoms. The molecule has 0 aliphatic carbocycles. The van der Waals surface area contributed by atoms with Crippen LogP contribution in [0.25, 0.3) is 10.9 Å². The zero-order valence-electron chi connectivity index (χ0n) is 17.8. The summed E-state index contributed by atoms with van der Waals surface area (Å²) in [5.74, 6) is 0.0963. The molecular weight excluding hydrogens is 456 g/mol. The number of rotatable bonds is 5. The minimum atomic E-state index is -0.112. The average Bonchev–Trinajstić information content (AvgIpc) is 3.01. The normalized spacial score (nSPS) is 15.2. The van der Waals surface area contributed by atoms with Gasteiger partial charge in [-0.15, -0.1) is 0 Å². The lowest BCUT2D eigenvalue weighted by Gasteiger charge is -2.22. The number of nitrogens with zero attached hydrogens (tertiary/aromatic N) is 4. The first-order valence-corrected chi connectivity index (χ1v) is 11.5. The fourth-order valence-corrected chi connectivity index (χ4v) is 4.43. The van der Waals surface area contributed by atoms with Crippen LogP contribution in [0.3, 0.4) is 0 Å². The van der Waals surface area contributed by atoms with E-state index in [1.165, 1.54) is 22.0 Å². The molecule has 3 aromatic rings. The second-order valence-corrected chi connectivity index (χ2v) is 9.01. The van der Waals surface area contributed by atoms with Crippen LogP contribution in [0.4, 0.5) is 0 Å². The molecule has 0 bridgehead atoms. The summed E-state index contributed by atoms with van der Waals surface area (Å²) in [6, 6.07) is 13.9. The first kappa shape index (κ1) is 21.7. The topological polar surface area (TPSA) is 58.4 Å². The molecule has 1 saturated heterocycles. The number of halogens is 1. The van der Waals surface area contributed by atoms with E-state index in [2.05, 4.69) is 57.0 Å². The van der Waals surface area contributed by atoms with Crippen LogP contribution >= 0.6 is 15.9 Å². The van der Waals surface area contributed by atoms with Gasteiger partial charge < -0.3 is 4.90 Å². The van der Waals surface area contributed by atoms with Crippen molar-refractivity contribution in [1.29, 1.82) is 0 Å². The van der Waals surface area contributed by atoms with Gasteiger partial charge in [0.2, 0.25) is 5.91 Å². The molecule has 2 heterocycles. The van der Waals surface area contributed by atoms with Gasteiger partial charge >= 0.3 is 0 Å². The van der Waals surface area contributed by atoms with E-state index in [4.69, 9.17) is 0 Å². The lowest BCUT2D eigenvalue weighted by atomic mass is 10.1. The Labute approximate surface area is 190 Å². The van der Waals surface area contributed by atoms with Crippen LogP contribution in [-0.2, 0) is 17.9 Å². The minimum Gasteiger partial charge on any atom is -0.341 e. The van der Waals surface area contributed by atoms with Crippen molar-refractivity contribution >= 4 is 32.7 Å². The quantitative estimate of drug-likeness (QED) is 0.557. The maximum absolute atomic E-state index is 12.8. The zero-order chi connectivity index (χ0) is 21.8. The summed E-state index contributed by atoms with van der Waals surface area (Å²) in [4.78, 5) is 34.3. The number of hydrogen-bond donors (Lipinski definition) is 0. The van der Waals surface area contributed by atoms with Crippen molar-refractivity contribution in [3.63, 3.8) is 0 Å². The molecule has 0 unspecified atom stereocenters. The van der Waals surface area contributed by atoms with E-state index in [1.807, 2.05) is 17.0 Å². The van der Waals surface area contributed by atoms with Crippen LogP contribution in [0, 0.1) is 6.92 Å². The number of carbonyl (C=O) groups excluding carboxylic acids is 1. The highest BCUT2D eigenvalue weighted by Gasteiger charge is 2.19. The summed E-state index contributed by atoms with van der Waals surface area (Å²) in [7, 11) is 0. The van der Waals surface area contributed by atoms with Gasteiger partial charge in [-0.25, -0.2) is 4.98 Å². The summed E-state index contributed by atoms with van der Waals surface area (Å²) in [5, 5.41) is 0.561. The molecule has 0 N–H and O–H groups in total. The van der Waals surface area contributed by atoms with Crippen LogP contribution < -0.4 is 5.56 Å². The highest BCUT2D eigenvalue weighted by Crippen LogP contribution is 2.15. The molecule has 4 rings (SSSR count). The molecule has 2 aromatic carbocycles. The van der Waals surface area contributed by atoms with Crippen LogP contribution in [0.1, 0.15) is 24.0 Å². The van der Waals surface area contributed by atoms with Gasteiger partial charge in [-0.05, 0) is 42.7 Å². The Morgan fingerprint density at radius 2 is 1.94 bits per heavy atom. The number of fused-ring (bicyclic) bond motifs is 1. The van der Waals surface area contributed by atoms with Crippen molar-refractivity contribution < 1.29 is 4.79 Å². The molecule has 1 aromatic heterocycles. The van der Waals surface area contributed by atoms with E-state index in [-0.39, 0.29) is 11.5 Å². The van der Waals surface area contributed by atoms with Gasteiger partial charge in [0.1, 0.15) is 0 Å². The van der Waals surface area contributed by atoms with Crippen LogP contribution in [0.2, 0.25) is 0 Å². The van der Waals surface area contributed by atoms with Crippen LogP contribution in [0.15, 0.2) is 58.1 Å². The third-order valence-electron chi connectivity index (χ3n) is 5.95. The predicted octanol–water partition coefficient (Wildman–Crippen LogP) is 3.59. The first-order chi connectivity index (χ1) is 15.0. The summed E-state index contributed by atoms with van der Waals surface area (Å²) in [6.07, 6.45) is 2.81. The third kappa shape index (κ3) is 5.22. The minimum absolute atomic E-state index is 0.0963. The maximum atomic E-state index is 12.8. The second-order valence-electron chi connectivity index (χ2n) is 8.09. The zero-order valence-corrected chi connectivity index (χ0v) is 19.3. The van der Waals surface area contributed by atoms with Crippen molar-refractivity contribution in [3.8, 4) is 0 Å². The van der Waals surface area contributed by atoms with E-state index in [0.717, 1.165) is 43.6 Å². The highest BCUT2D eigenvalue weighted by molar-refractivity contribution is 9.10. The molecule has 0 atom stereocenters. The molecule has 1 fully saturated rings. The fourth-order valence-electron chi connectivity index (χ4n) is 4.07. The van der Waals surface area contributed by atoms with Crippen molar-refractivity contribution in [3.05, 3.63) is 74.7 Å². The van der Waals surface area contributed by atoms with E-state index in [0.29, 0.717) is 23.9 Å². The number of amides is 1. The fraction of sp³-hybridized carbons (Fsp3) is 0.375. The summed E-state index contributed by atoms with van der Waals surface area (Å²) in [6.45, 7) is 6.75. The Balaban J connectivity index is 1.35. The Hall–Kier alpha value is -2.51. The van der Waals surface area contributed by atoms with Gasteiger partial charge in [0.25, 0.3) is 5.56 Å². The molecule has 0 spiro atoms. The summed E-state index contributed by atoms with van der Waals surface area (Å²) < 4.78 is 2.38. The first-order valence-electron chi connectivity index (χ1n) is 10.7. The largest absolute Gasteiger partial charge is 0.341 e. The molecular formula is C24H27BrN4O2. The predicted molar refractivity (Wildman–Crippen MR) is 126 cm³/mol. The number of aryl methyl sites for hydroxylation is 2. The molecule has 1 aliphatic heterocycles. The Morgan fingerprint density at radius 1 is 1.10 bits per heavy atom. The maximum Gasteiger partial charge on any atom is 0.261 e. The van der Waals surface area contributed by atoms with E-state index < -0.39 is 0 Å². The van der Waals surface area contributed by atoms with Crippen LogP contribution in [-0.4, -0.2) is 51.4 Å². The smallest absolute Gasteiger partial charge is 0.261 e. The third-order valence-corrected chi connectivity index (χ3v) is 6.44. The molecule has 0 radical (unpaired) electrons. The molecule has 0 saturated carbocycles. The number of carbonyl (C=O) groups is 1. The van der Waals surface area contributed by atoms with Gasteiger partial charge in [0.05, 0.1) is 17.2 Å². The van der Waals surface area contributed by atoms with Gasteiger partial charge in [-0.3, -0.25) is 19.1 Å². The van der Waals surface area contributed by atoms with E-state index in [1.54, 1.807) is 6.07 Å². The van der Waals surface area contributed by atoms with Crippen molar-refractivity contribution in [1.82, 2.24) is 19.4 Å². The van der Waals surface area contributed by atoms with Gasteiger partial charge in [0.15, 0.2) is 0 Å². The highest BCUT2D eigenvalue weighted by atomic mass is 79.9. The number of aromatic nitrogens is 2. The van der Waals surface area contributed by atoms with Gasteiger partial charge in [0, 0.05) is 50.2 Å². The lowest BCUT2D eigenvalue weighted by molar-refractivity contribution is -0.131. The van der Waals surface area contributed by atoms with Crippen molar-refractivity contribution in [2.75, 3.05) is 26.2 Å². The lowest BCUT2D eigenvalue weighted by Crippen LogP contribution is -2.36. The van der Waals surface area contributed by atoms with Gasteiger partial charge in [-0.2, -0.15) is 0 Å². The Kier molecular flexibility index (Phi) is 6.83. The van der Waals surface area contributed by atoms with Crippen molar-refractivity contribution in [2.24, 2.45) is 0 Å². The number of hydrogen-bond acceptors (Lipinski definition) is 4. The number of benzene rings is 2. The van der Waals surface area contributed by atoms with Crippen molar-refractivity contribution in [2.45, 2.75) is 32.9 Å². The standard InChI is InChI=1S/C24H27BrN4O2/c1-18-5-2-3-6-19(18)16-27-10-4-11-28(14-13-27)23(30)9-12-29-17-26-22-8-7-20(25)15-21(22)24(29)31/h2-3,5-8,15,17H,4,9-14,16H2,1H3.